The van der Waals surface area contributed by atoms with E-state index in [2.05, 4.69) is 5.32 Å². The molecular formula is C12H17NO3. The van der Waals surface area contributed by atoms with Gasteiger partial charge in [-0.2, -0.15) is 0 Å². The van der Waals surface area contributed by atoms with Crippen LogP contribution in [0.15, 0.2) is 18.2 Å². The number of hydrogen-bond acceptors (Lipinski definition) is 4. The van der Waals surface area contributed by atoms with Gasteiger partial charge in [0.15, 0.2) is 0 Å². The third kappa shape index (κ3) is 2.10. The number of hydrogen-bond donors (Lipinski definition) is 4. The molecule has 0 bridgehead atoms. The topological polar surface area (TPSA) is 72.7 Å². The number of rotatable bonds is 3. The van der Waals surface area contributed by atoms with E-state index in [-0.39, 0.29) is 0 Å². The molecule has 2 atom stereocenters. The Morgan fingerprint density at radius 1 is 1.31 bits per heavy atom. The van der Waals surface area contributed by atoms with Crippen molar-refractivity contribution < 1.29 is 15.3 Å². The van der Waals surface area contributed by atoms with E-state index in [1.807, 2.05) is 18.2 Å². The van der Waals surface area contributed by atoms with Crippen molar-refractivity contribution in [3.05, 3.63) is 34.9 Å². The Hall–Kier alpha value is -0.940. The molecule has 0 aromatic heterocycles. The largest absolute Gasteiger partial charge is 0.394 e. The maximum absolute atomic E-state index is 9.91. The highest BCUT2D eigenvalue weighted by atomic mass is 16.4. The second-order valence-electron chi connectivity index (χ2n) is 4.11. The van der Waals surface area contributed by atoms with Crippen LogP contribution in [0.5, 0.6) is 0 Å². The molecule has 1 aromatic carbocycles. The van der Waals surface area contributed by atoms with Gasteiger partial charge >= 0.3 is 0 Å². The number of fused-ring (bicyclic) bond motifs is 1. The third-order valence-electron chi connectivity index (χ3n) is 3.05. The maximum atomic E-state index is 9.91. The van der Waals surface area contributed by atoms with E-state index in [1.165, 1.54) is 0 Å². The van der Waals surface area contributed by atoms with Gasteiger partial charge in [0.1, 0.15) is 12.2 Å². The molecule has 2 unspecified atom stereocenters. The molecule has 1 aromatic rings. The van der Waals surface area contributed by atoms with E-state index < -0.39 is 18.8 Å². The van der Waals surface area contributed by atoms with Gasteiger partial charge in [0, 0.05) is 6.54 Å². The van der Waals surface area contributed by atoms with E-state index >= 15 is 0 Å². The van der Waals surface area contributed by atoms with Crippen molar-refractivity contribution in [3.8, 4) is 0 Å². The fourth-order valence-electron chi connectivity index (χ4n) is 2.15. The van der Waals surface area contributed by atoms with Crippen LogP contribution in [-0.4, -0.2) is 34.6 Å². The van der Waals surface area contributed by atoms with Gasteiger partial charge in [-0.1, -0.05) is 18.2 Å². The first-order chi connectivity index (χ1) is 7.74. The minimum absolute atomic E-state index is 0.427. The molecule has 88 valence electrons. The van der Waals surface area contributed by atoms with Gasteiger partial charge in [-0.15, -0.1) is 0 Å². The van der Waals surface area contributed by atoms with E-state index in [1.54, 1.807) is 0 Å². The highest BCUT2D eigenvalue weighted by molar-refractivity contribution is 5.38. The number of nitrogens with one attached hydrogen (secondary N) is 1. The molecule has 0 spiro atoms. The molecule has 0 saturated heterocycles. The SMILES string of the molecule is OCC(O)C(O)c1cccc2c1CCNC2. The Bertz CT molecular complexity index is 367. The van der Waals surface area contributed by atoms with Crippen LogP contribution in [0.3, 0.4) is 0 Å². The summed E-state index contributed by atoms with van der Waals surface area (Å²) in [5, 5.41) is 31.5. The fraction of sp³-hybridized carbons (Fsp3) is 0.500. The van der Waals surface area contributed by atoms with E-state index in [0.717, 1.165) is 36.2 Å². The van der Waals surface area contributed by atoms with Crippen LogP contribution >= 0.6 is 0 Å². The maximum Gasteiger partial charge on any atom is 0.107 e. The summed E-state index contributed by atoms with van der Waals surface area (Å²) in [5.74, 6) is 0. The Kier molecular flexibility index (Phi) is 3.56. The van der Waals surface area contributed by atoms with Gasteiger partial charge in [0.25, 0.3) is 0 Å². The lowest BCUT2D eigenvalue weighted by Gasteiger charge is -2.24. The molecule has 0 saturated carbocycles. The smallest absolute Gasteiger partial charge is 0.107 e. The van der Waals surface area contributed by atoms with Gasteiger partial charge in [-0.25, -0.2) is 0 Å². The Labute approximate surface area is 94.5 Å². The number of aliphatic hydroxyl groups is 3. The molecule has 0 fully saturated rings. The Morgan fingerprint density at radius 2 is 2.12 bits per heavy atom. The zero-order valence-corrected chi connectivity index (χ0v) is 9.06. The zero-order chi connectivity index (χ0) is 11.5. The third-order valence-corrected chi connectivity index (χ3v) is 3.05. The van der Waals surface area contributed by atoms with E-state index in [4.69, 9.17) is 5.11 Å². The molecule has 4 heteroatoms. The molecule has 1 aliphatic rings. The lowest BCUT2D eigenvalue weighted by Crippen LogP contribution is -2.28. The second-order valence-corrected chi connectivity index (χ2v) is 4.11. The van der Waals surface area contributed by atoms with Crippen molar-refractivity contribution in [3.63, 3.8) is 0 Å². The van der Waals surface area contributed by atoms with Gasteiger partial charge < -0.3 is 20.6 Å². The lowest BCUT2D eigenvalue weighted by atomic mass is 9.91. The van der Waals surface area contributed by atoms with Crippen LogP contribution in [0, 0.1) is 0 Å². The molecule has 0 amide bonds. The van der Waals surface area contributed by atoms with Crippen molar-refractivity contribution in [1.82, 2.24) is 5.32 Å². The van der Waals surface area contributed by atoms with Gasteiger partial charge in [0.2, 0.25) is 0 Å². The molecule has 2 rings (SSSR count). The highest BCUT2D eigenvalue weighted by Gasteiger charge is 2.22. The first kappa shape index (κ1) is 11.5. The standard InChI is InChI=1S/C12H17NO3/c14-7-11(15)12(16)10-3-1-2-8-6-13-5-4-9(8)10/h1-3,11-16H,4-7H2. The minimum atomic E-state index is -1.11. The molecule has 16 heavy (non-hydrogen) atoms. The molecule has 1 aliphatic heterocycles. The second kappa shape index (κ2) is 4.93. The molecule has 0 aliphatic carbocycles. The summed E-state index contributed by atoms with van der Waals surface area (Å²) in [6.07, 6.45) is -1.26. The minimum Gasteiger partial charge on any atom is -0.394 e. The molecule has 4 nitrogen and oxygen atoms in total. The van der Waals surface area contributed by atoms with E-state index in [0.29, 0.717) is 0 Å². The van der Waals surface area contributed by atoms with Gasteiger partial charge in [-0.05, 0) is 29.7 Å². The molecule has 0 radical (unpaired) electrons. The summed E-state index contributed by atoms with van der Waals surface area (Å²) in [6.45, 7) is 1.25. The van der Waals surface area contributed by atoms with Crippen LogP contribution in [0.2, 0.25) is 0 Å². The summed E-state index contributed by atoms with van der Waals surface area (Å²) in [5.41, 5.74) is 3.00. The molecule has 4 N–H and O–H groups in total. The first-order valence-corrected chi connectivity index (χ1v) is 5.52. The van der Waals surface area contributed by atoms with Gasteiger partial charge in [-0.3, -0.25) is 0 Å². The summed E-state index contributed by atoms with van der Waals surface area (Å²) in [4.78, 5) is 0. The van der Waals surface area contributed by atoms with Crippen LogP contribution in [0.4, 0.5) is 0 Å². The highest BCUT2D eigenvalue weighted by Crippen LogP contribution is 2.26. The monoisotopic (exact) mass is 223 g/mol. The first-order valence-electron chi connectivity index (χ1n) is 5.52. The zero-order valence-electron chi connectivity index (χ0n) is 9.06. The normalized spacial score (nSPS) is 18.9. The van der Waals surface area contributed by atoms with Crippen LogP contribution in [-0.2, 0) is 13.0 Å². The fourth-order valence-corrected chi connectivity index (χ4v) is 2.15. The van der Waals surface area contributed by atoms with Crippen molar-refractivity contribution in [2.45, 2.75) is 25.2 Å². The van der Waals surface area contributed by atoms with Crippen LogP contribution in [0.25, 0.3) is 0 Å². The number of benzene rings is 1. The summed E-state index contributed by atoms with van der Waals surface area (Å²) in [7, 11) is 0. The summed E-state index contributed by atoms with van der Waals surface area (Å²) in [6, 6.07) is 5.70. The van der Waals surface area contributed by atoms with Crippen molar-refractivity contribution >= 4 is 0 Å². The summed E-state index contributed by atoms with van der Waals surface area (Å²) >= 11 is 0. The Balaban J connectivity index is 2.33. The van der Waals surface area contributed by atoms with Crippen LogP contribution < -0.4 is 5.32 Å². The summed E-state index contributed by atoms with van der Waals surface area (Å²) < 4.78 is 0. The number of aliphatic hydroxyl groups excluding tert-OH is 3. The predicted molar refractivity (Wildman–Crippen MR) is 59.9 cm³/mol. The average molecular weight is 223 g/mol. The predicted octanol–water partition coefficient (Wildman–Crippen LogP) is -0.281. The Morgan fingerprint density at radius 3 is 2.88 bits per heavy atom. The van der Waals surface area contributed by atoms with Crippen molar-refractivity contribution in [2.24, 2.45) is 0 Å². The van der Waals surface area contributed by atoms with Crippen LogP contribution in [0.1, 0.15) is 22.8 Å². The quantitative estimate of drug-likeness (QED) is 0.568. The van der Waals surface area contributed by atoms with Gasteiger partial charge in [0.05, 0.1) is 6.61 Å². The lowest BCUT2D eigenvalue weighted by molar-refractivity contribution is -0.0157. The average Bonchev–Trinajstić information content (AvgIpc) is 2.36. The van der Waals surface area contributed by atoms with Crippen molar-refractivity contribution in [2.75, 3.05) is 13.2 Å². The van der Waals surface area contributed by atoms with Crippen molar-refractivity contribution in [1.29, 1.82) is 0 Å². The molecule has 1 heterocycles. The molecular weight excluding hydrogens is 206 g/mol. The van der Waals surface area contributed by atoms with E-state index in [9.17, 15) is 10.2 Å².